The Morgan fingerprint density at radius 2 is 1.92 bits per heavy atom. The molecule has 132 valence electrons. The van der Waals surface area contributed by atoms with Gasteiger partial charge in [0.25, 0.3) is 0 Å². The summed E-state index contributed by atoms with van der Waals surface area (Å²) in [4.78, 5) is 10.9. The van der Waals surface area contributed by atoms with E-state index < -0.39 is 5.97 Å². The molecule has 0 aliphatic carbocycles. The minimum atomic E-state index is -1.26. The van der Waals surface area contributed by atoms with Crippen molar-refractivity contribution in [3.63, 3.8) is 0 Å². The van der Waals surface area contributed by atoms with Crippen molar-refractivity contribution < 1.29 is 19.4 Å². The van der Waals surface area contributed by atoms with Crippen LogP contribution in [0.4, 0.5) is 0 Å². The van der Waals surface area contributed by atoms with Gasteiger partial charge in [0, 0.05) is 0 Å². The normalized spacial score (nSPS) is 10.7. The summed E-state index contributed by atoms with van der Waals surface area (Å²) in [6.07, 6.45) is 3.86. The van der Waals surface area contributed by atoms with Gasteiger partial charge in [-0.1, -0.05) is 36.4 Å². The number of carboxylic acids is 1. The lowest BCUT2D eigenvalue weighted by Crippen LogP contribution is -2.10. The van der Waals surface area contributed by atoms with Crippen LogP contribution in [0.2, 0.25) is 0 Å². The summed E-state index contributed by atoms with van der Waals surface area (Å²) in [6, 6.07) is 16.3. The fourth-order valence-corrected chi connectivity index (χ4v) is 2.28. The summed E-state index contributed by atoms with van der Waals surface area (Å²) in [5.74, 6) is 0.114. The summed E-state index contributed by atoms with van der Waals surface area (Å²) in [5.41, 5.74) is 1.32. The fourth-order valence-electron chi connectivity index (χ4n) is 2.28. The van der Waals surface area contributed by atoms with E-state index in [-0.39, 0.29) is 5.57 Å². The van der Waals surface area contributed by atoms with Gasteiger partial charge in [0.15, 0.2) is 0 Å². The van der Waals surface area contributed by atoms with Crippen LogP contribution < -0.4 is 9.47 Å². The van der Waals surface area contributed by atoms with E-state index in [1.54, 1.807) is 30.3 Å². The number of hydrogen-bond acceptors (Lipinski definition) is 4. The second-order valence-corrected chi connectivity index (χ2v) is 5.34. The molecule has 5 nitrogen and oxygen atoms in total. The fraction of sp³-hybridized carbons (Fsp3) is 0.143. The van der Waals surface area contributed by atoms with Gasteiger partial charge in [-0.15, -0.1) is 6.58 Å². The van der Waals surface area contributed by atoms with E-state index >= 15 is 0 Å². The lowest BCUT2D eigenvalue weighted by atomic mass is 10.1. The van der Waals surface area contributed by atoms with E-state index in [1.807, 2.05) is 30.3 Å². The summed E-state index contributed by atoms with van der Waals surface area (Å²) in [5, 5.41) is 17.7. The summed E-state index contributed by atoms with van der Waals surface area (Å²) >= 11 is 0. The Hall–Kier alpha value is -3.52. The van der Waals surface area contributed by atoms with Gasteiger partial charge in [-0.25, -0.2) is 4.79 Å². The Morgan fingerprint density at radius 1 is 1.15 bits per heavy atom. The molecule has 5 heteroatoms. The molecule has 2 aromatic rings. The number of aliphatic carboxylic acids is 1. The largest absolute Gasteiger partial charge is 0.490 e. The first-order valence-corrected chi connectivity index (χ1v) is 8.03. The zero-order valence-corrected chi connectivity index (χ0v) is 14.2. The average Bonchev–Trinajstić information content (AvgIpc) is 2.65. The molecule has 0 aliphatic rings. The second-order valence-electron chi connectivity index (χ2n) is 5.34. The SMILES string of the molecule is C=CCc1ccccc1OCCOc1cccc(C=C(C#N)C(=O)O)c1. The predicted octanol–water partition coefficient (Wildman–Crippen LogP) is 3.86. The molecule has 0 spiro atoms. The molecule has 1 N–H and O–H groups in total. The highest BCUT2D eigenvalue weighted by atomic mass is 16.5. The van der Waals surface area contributed by atoms with Crippen LogP contribution in [0.15, 0.2) is 66.8 Å². The van der Waals surface area contributed by atoms with Crippen molar-refractivity contribution in [1.29, 1.82) is 5.26 Å². The number of nitrogens with zero attached hydrogens (tertiary/aromatic N) is 1. The van der Waals surface area contributed by atoms with Crippen LogP contribution in [0.1, 0.15) is 11.1 Å². The molecule has 0 saturated carbocycles. The van der Waals surface area contributed by atoms with Crippen molar-refractivity contribution in [3.8, 4) is 17.6 Å². The van der Waals surface area contributed by atoms with Crippen molar-refractivity contribution in [2.45, 2.75) is 6.42 Å². The third-order valence-corrected chi connectivity index (χ3v) is 3.47. The number of rotatable bonds is 9. The molecule has 2 rings (SSSR count). The van der Waals surface area contributed by atoms with Crippen molar-refractivity contribution in [2.24, 2.45) is 0 Å². The molecule has 0 amide bonds. The Labute approximate surface area is 152 Å². The molecule has 0 atom stereocenters. The van der Waals surface area contributed by atoms with Crippen LogP contribution in [-0.4, -0.2) is 24.3 Å². The molecule has 26 heavy (non-hydrogen) atoms. The van der Waals surface area contributed by atoms with Gasteiger partial charge in [-0.2, -0.15) is 5.26 Å². The van der Waals surface area contributed by atoms with Crippen molar-refractivity contribution >= 4 is 12.0 Å². The smallest absolute Gasteiger partial charge is 0.346 e. The van der Waals surface area contributed by atoms with E-state index in [9.17, 15) is 4.79 Å². The minimum absolute atomic E-state index is 0.329. The van der Waals surface area contributed by atoms with Gasteiger partial charge in [0.1, 0.15) is 36.4 Å². The zero-order chi connectivity index (χ0) is 18.8. The van der Waals surface area contributed by atoms with E-state index in [1.165, 1.54) is 6.08 Å². The Kier molecular flexibility index (Phi) is 7.02. The molecule has 2 aromatic carbocycles. The van der Waals surface area contributed by atoms with Gasteiger partial charge in [-0.3, -0.25) is 0 Å². The van der Waals surface area contributed by atoms with Gasteiger partial charge in [0.2, 0.25) is 0 Å². The first-order valence-electron chi connectivity index (χ1n) is 8.03. The Balaban J connectivity index is 1.93. The predicted molar refractivity (Wildman–Crippen MR) is 99.0 cm³/mol. The first-order chi connectivity index (χ1) is 12.6. The van der Waals surface area contributed by atoms with Gasteiger partial charge in [0.05, 0.1) is 0 Å². The van der Waals surface area contributed by atoms with E-state index in [2.05, 4.69) is 6.58 Å². The van der Waals surface area contributed by atoms with E-state index in [0.717, 1.165) is 17.7 Å². The van der Waals surface area contributed by atoms with Gasteiger partial charge < -0.3 is 14.6 Å². The number of para-hydroxylation sites is 1. The lowest BCUT2D eigenvalue weighted by molar-refractivity contribution is -0.132. The Bertz CT molecular complexity index is 849. The summed E-state index contributed by atoms with van der Waals surface area (Å²) in [7, 11) is 0. The molecule has 0 heterocycles. The maximum atomic E-state index is 10.9. The van der Waals surface area contributed by atoms with Gasteiger partial charge >= 0.3 is 5.97 Å². The standard InChI is InChI=1S/C21H19NO4/c1-2-6-17-8-3-4-10-20(17)26-12-11-25-19-9-5-7-16(14-19)13-18(15-22)21(23)24/h2-5,7-10,13-14H,1,6,11-12H2,(H,23,24). The van der Waals surface area contributed by atoms with Crippen molar-refractivity contribution in [1.82, 2.24) is 0 Å². The highest BCUT2D eigenvalue weighted by Gasteiger charge is 2.06. The molecule has 0 saturated heterocycles. The van der Waals surface area contributed by atoms with Crippen LogP contribution >= 0.6 is 0 Å². The number of ether oxygens (including phenoxy) is 2. The lowest BCUT2D eigenvalue weighted by Gasteiger charge is -2.11. The number of hydrogen-bond donors (Lipinski definition) is 1. The van der Waals surface area contributed by atoms with Crippen LogP contribution in [0.25, 0.3) is 6.08 Å². The molecular formula is C21H19NO4. The number of carbonyl (C=O) groups is 1. The van der Waals surface area contributed by atoms with Gasteiger partial charge in [-0.05, 0) is 41.8 Å². The van der Waals surface area contributed by atoms with Crippen LogP contribution in [0.3, 0.4) is 0 Å². The van der Waals surface area contributed by atoms with Crippen LogP contribution in [-0.2, 0) is 11.2 Å². The Morgan fingerprint density at radius 3 is 2.65 bits per heavy atom. The molecule has 0 radical (unpaired) electrons. The number of carboxylic acid groups (broad SMARTS) is 1. The van der Waals surface area contributed by atoms with E-state index in [0.29, 0.717) is 24.5 Å². The topological polar surface area (TPSA) is 79.5 Å². The molecule has 0 fully saturated rings. The third-order valence-electron chi connectivity index (χ3n) is 3.47. The highest BCUT2D eigenvalue weighted by molar-refractivity contribution is 5.96. The summed E-state index contributed by atoms with van der Waals surface area (Å²) in [6.45, 7) is 4.44. The van der Waals surface area contributed by atoms with Crippen molar-refractivity contribution in [2.75, 3.05) is 13.2 Å². The second kappa shape index (κ2) is 9.70. The molecule has 0 unspecified atom stereocenters. The molecule has 0 bridgehead atoms. The summed E-state index contributed by atoms with van der Waals surface area (Å²) < 4.78 is 11.4. The molecule has 0 aliphatic heterocycles. The maximum absolute atomic E-state index is 10.9. The number of nitriles is 1. The minimum Gasteiger partial charge on any atom is -0.490 e. The number of allylic oxidation sites excluding steroid dienone is 1. The first kappa shape index (κ1) is 18.8. The maximum Gasteiger partial charge on any atom is 0.346 e. The molecule has 0 aromatic heterocycles. The average molecular weight is 349 g/mol. The zero-order valence-electron chi connectivity index (χ0n) is 14.2. The quantitative estimate of drug-likeness (QED) is 0.322. The third kappa shape index (κ3) is 5.53. The monoisotopic (exact) mass is 349 g/mol. The van der Waals surface area contributed by atoms with Crippen LogP contribution in [0, 0.1) is 11.3 Å². The highest BCUT2D eigenvalue weighted by Crippen LogP contribution is 2.19. The molecular weight excluding hydrogens is 330 g/mol. The van der Waals surface area contributed by atoms with Crippen molar-refractivity contribution in [3.05, 3.63) is 77.9 Å². The van der Waals surface area contributed by atoms with E-state index in [4.69, 9.17) is 19.8 Å². The number of benzene rings is 2. The van der Waals surface area contributed by atoms with Crippen LogP contribution in [0.5, 0.6) is 11.5 Å².